The molecule has 0 aliphatic carbocycles. The first-order valence-corrected chi connectivity index (χ1v) is 11.9. The van der Waals surface area contributed by atoms with Crippen molar-refractivity contribution in [2.45, 2.75) is 78.4 Å². The fourth-order valence-electron chi connectivity index (χ4n) is 4.37. The number of anilines is 1. The van der Waals surface area contributed by atoms with E-state index in [0.717, 1.165) is 22.4 Å². The van der Waals surface area contributed by atoms with Crippen molar-refractivity contribution in [2.24, 2.45) is 0 Å². The van der Waals surface area contributed by atoms with Gasteiger partial charge in [0.05, 0.1) is 11.6 Å². The maximum Gasteiger partial charge on any atom is 0.411 e. The Morgan fingerprint density at radius 3 is 2.24 bits per heavy atom. The Balaban J connectivity index is 2.09. The van der Waals surface area contributed by atoms with Gasteiger partial charge in [0.25, 0.3) is 5.91 Å². The number of para-hydroxylation sites is 1. The lowest BCUT2D eigenvalue weighted by Gasteiger charge is -2.37. The van der Waals surface area contributed by atoms with E-state index in [2.05, 4.69) is 39.1 Å². The summed E-state index contributed by atoms with van der Waals surface area (Å²) in [4.78, 5) is 28.6. The van der Waals surface area contributed by atoms with E-state index in [1.54, 1.807) is 32.9 Å². The first-order chi connectivity index (χ1) is 15.9. The van der Waals surface area contributed by atoms with Crippen LogP contribution in [0.5, 0.6) is 0 Å². The molecule has 1 N–H and O–H groups in total. The highest BCUT2D eigenvalue weighted by Gasteiger charge is 2.39. The van der Waals surface area contributed by atoms with Crippen molar-refractivity contribution < 1.29 is 14.3 Å². The highest BCUT2D eigenvalue weighted by Crippen LogP contribution is 2.36. The van der Waals surface area contributed by atoms with Crippen molar-refractivity contribution in [2.75, 3.05) is 11.9 Å². The number of amides is 2. The highest BCUT2D eigenvalue weighted by atomic mass is 16.6. The molecule has 0 bridgehead atoms. The third-order valence-electron chi connectivity index (χ3n) is 6.00. The summed E-state index contributed by atoms with van der Waals surface area (Å²) in [6, 6.07) is 12.7. The van der Waals surface area contributed by atoms with Crippen LogP contribution in [0.3, 0.4) is 0 Å². The van der Waals surface area contributed by atoms with Crippen molar-refractivity contribution in [3.05, 3.63) is 64.2 Å². The number of rotatable bonds is 4. The maximum absolute atomic E-state index is 13.9. The standard InChI is InChI=1S/C28H35N3O3/c1-17(2)21-9-8-10-22(18(3)4)24(21)30-26(32)25-23-15-19(16-29)11-12-20(23)13-14-31(25)27(33)34-28(5,6)7/h8-12,15,17-18,25H,13-14H2,1-7H3,(H,30,32). The molecule has 6 heteroatoms. The lowest BCUT2D eigenvalue weighted by molar-refractivity contribution is -0.122. The molecule has 180 valence electrons. The van der Waals surface area contributed by atoms with Gasteiger partial charge in [-0.15, -0.1) is 0 Å². The zero-order valence-electron chi connectivity index (χ0n) is 21.2. The molecule has 0 radical (unpaired) electrons. The Morgan fingerprint density at radius 1 is 1.09 bits per heavy atom. The van der Waals surface area contributed by atoms with Gasteiger partial charge in [0.2, 0.25) is 0 Å². The molecule has 0 saturated heterocycles. The van der Waals surface area contributed by atoms with Gasteiger partial charge in [0.1, 0.15) is 11.6 Å². The lowest BCUT2D eigenvalue weighted by atomic mass is 9.89. The number of nitriles is 1. The second-order valence-electron chi connectivity index (χ2n) is 10.5. The van der Waals surface area contributed by atoms with E-state index in [1.165, 1.54) is 4.90 Å². The summed E-state index contributed by atoms with van der Waals surface area (Å²) < 4.78 is 5.65. The van der Waals surface area contributed by atoms with Gasteiger partial charge in [0.15, 0.2) is 0 Å². The highest BCUT2D eigenvalue weighted by molar-refractivity contribution is 5.99. The molecule has 0 saturated carbocycles. The average Bonchev–Trinajstić information content (AvgIpc) is 2.76. The molecule has 0 aromatic heterocycles. The molecular weight excluding hydrogens is 426 g/mol. The minimum Gasteiger partial charge on any atom is -0.444 e. The molecule has 2 amide bonds. The summed E-state index contributed by atoms with van der Waals surface area (Å²) in [5, 5.41) is 12.6. The molecule has 1 aliphatic rings. The second-order valence-corrected chi connectivity index (χ2v) is 10.5. The van der Waals surface area contributed by atoms with Gasteiger partial charge in [-0.05, 0) is 73.4 Å². The first kappa shape index (κ1) is 25.3. The van der Waals surface area contributed by atoms with Gasteiger partial charge in [-0.25, -0.2) is 4.79 Å². The molecule has 1 atom stereocenters. The van der Waals surface area contributed by atoms with Crippen LogP contribution in [0.2, 0.25) is 0 Å². The summed E-state index contributed by atoms with van der Waals surface area (Å²) in [7, 11) is 0. The van der Waals surface area contributed by atoms with Gasteiger partial charge >= 0.3 is 6.09 Å². The summed E-state index contributed by atoms with van der Waals surface area (Å²) in [5.41, 5.74) is 4.28. The molecule has 1 unspecified atom stereocenters. The summed E-state index contributed by atoms with van der Waals surface area (Å²) in [6.45, 7) is 14.1. The van der Waals surface area contributed by atoms with Crippen LogP contribution >= 0.6 is 0 Å². The summed E-state index contributed by atoms with van der Waals surface area (Å²) in [6.07, 6.45) is 0.0473. The molecule has 0 spiro atoms. The molecular formula is C28H35N3O3. The van der Waals surface area contributed by atoms with Crippen LogP contribution in [0, 0.1) is 11.3 Å². The molecule has 0 fully saturated rings. The van der Waals surface area contributed by atoms with E-state index in [0.29, 0.717) is 24.1 Å². The quantitative estimate of drug-likeness (QED) is 0.581. The smallest absolute Gasteiger partial charge is 0.411 e. The number of nitrogens with zero attached hydrogens (tertiary/aromatic N) is 2. The van der Waals surface area contributed by atoms with E-state index < -0.39 is 17.7 Å². The molecule has 6 nitrogen and oxygen atoms in total. The third-order valence-corrected chi connectivity index (χ3v) is 6.00. The van der Waals surface area contributed by atoms with Crippen molar-refractivity contribution in [3.63, 3.8) is 0 Å². The van der Waals surface area contributed by atoms with E-state index in [-0.39, 0.29) is 17.7 Å². The lowest BCUT2D eigenvalue weighted by Crippen LogP contribution is -2.47. The zero-order chi connectivity index (χ0) is 25.2. The van der Waals surface area contributed by atoms with E-state index in [4.69, 9.17) is 4.74 Å². The number of fused-ring (bicyclic) bond motifs is 1. The second kappa shape index (κ2) is 9.89. The van der Waals surface area contributed by atoms with Crippen LogP contribution in [0.25, 0.3) is 0 Å². The number of hydrogen-bond acceptors (Lipinski definition) is 4. The van der Waals surface area contributed by atoms with Crippen LogP contribution in [-0.2, 0) is 16.0 Å². The number of benzene rings is 2. The number of carbonyl (C=O) groups is 2. The van der Waals surface area contributed by atoms with Gasteiger partial charge in [-0.1, -0.05) is 52.0 Å². The Kier molecular flexibility index (Phi) is 7.35. The largest absolute Gasteiger partial charge is 0.444 e. The molecule has 1 aliphatic heterocycles. The minimum absolute atomic E-state index is 0.208. The van der Waals surface area contributed by atoms with E-state index >= 15 is 0 Å². The number of ether oxygens (including phenoxy) is 1. The van der Waals surface area contributed by atoms with Crippen LogP contribution in [0.4, 0.5) is 10.5 Å². The van der Waals surface area contributed by atoms with Crippen LogP contribution < -0.4 is 5.32 Å². The Morgan fingerprint density at radius 2 is 1.71 bits per heavy atom. The zero-order valence-corrected chi connectivity index (χ0v) is 21.2. The van der Waals surface area contributed by atoms with Gasteiger partial charge < -0.3 is 10.1 Å². The third kappa shape index (κ3) is 5.41. The molecule has 2 aromatic carbocycles. The SMILES string of the molecule is CC(C)c1cccc(C(C)C)c1NC(=O)C1c2cc(C#N)ccc2CCN1C(=O)OC(C)(C)C. The maximum atomic E-state index is 13.9. The van der Waals surface area contributed by atoms with Crippen molar-refractivity contribution in [1.82, 2.24) is 4.90 Å². The van der Waals surface area contributed by atoms with Crippen molar-refractivity contribution >= 4 is 17.7 Å². The average molecular weight is 462 g/mol. The molecule has 3 rings (SSSR count). The Labute approximate surface area is 202 Å². The Bertz CT molecular complexity index is 1100. The van der Waals surface area contributed by atoms with Crippen LogP contribution in [0.1, 0.15) is 94.2 Å². The molecule has 1 heterocycles. The summed E-state index contributed by atoms with van der Waals surface area (Å²) >= 11 is 0. The minimum atomic E-state index is -0.896. The number of nitrogens with one attached hydrogen (secondary N) is 1. The number of carbonyl (C=O) groups excluding carboxylic acids is 2. The van der Waals surface area contributed by atoms with E-state index in [9.17, 15) is 14.9 Å². The van der Waals surface area contributed by atoms with Crippen molar-refractivity contribution in [3.8, 4) is 6.07 Å². The topological polar surface area (TPSA) is 82.4 Å². The van der Waals surface area contributed by atoms with Gasteiger partial charge in [0, 0.05) is 12.2 Å². The normalized spacial score (nSPS) is 15.6. The predicted molar refractivity (Wildman–Crippen MR) is 134 cm³/mol. The Hall–Kier alpha value is -3.33. The number of hydrogen-bond donors (Lipinski definition) is 1. The predicted octanol–water partition coefficient (Wildman–Crippen LogP) is 6.28. The van der Waals surface area contributed by atoms with Crippen molar-refractivity contribution in [1.29, 1.82) is 5.26 Å². The fourth-order valence-corrected chi connectivity index (χ4v) is 4.37. The first-order valence-electron chi connectivity index (χ1n) is 11.9. The molecule has 34 heavy (non-hydrogen) atoms. The van der Waals surface area contributed by atoms with Gasteiger partial charge in [-0.3, -0.25) is 9.69 Å². The van der Waals surface area contributed by atoms with Gasteiger partial charge in [-0.2, -0.15) is 5.26 Å². The molecule has 2 aromatic rings. The van der Waals surface area contributed by atoms with Crippen LogP contribution in [-0.4, -0.2) is 29.0 Å². The fraction of sp³-hybridized carbons (Fsp3) is 0.464. The van der Waals surface area contributed by atoms with E-state index in [1.807, 2.05) is 24.3 Å². The van der Waals surface area contributed by atoms with Crippen LogP contribution in [0.15, 0.2) is 36.4 Å². The monoisotopic (exact) mass is 461 g/mol. The summed E-state index contributed by atoms with van der Waals surface area (Å²) in [5.74, 6) is 0.108.